The Balaban J connectivity index is 2.63. The maximum absolute atomic E-state index is 5.88. The fourth-order valence-electron chi connectivity index (χ4n) is 2.05. The largest absolute Gasteiger partial charge is 0.489 e. The van der Waals surface area contributed by atoms with Gasteiger partial charge >= 0.3 is 0 Å². The highest BCUT2D eigenvalue weighted by atomic mass is 16.5. The van der Waals surface area contributed by atoms with Gasteiger partial charge in [0.15, 0.2) is 0 Å². The maximum Gasteiger partial charge on any atom is 0.125 e. The average Bonchev–Trinajstić information content (AvgIpc) is 2.42. The number of benzene rings is 1. The standard InChI is InChI=1S/C17H27NO2/c1-6-13(2)12-20-17-14(3)9-16(10-15(17)4)11-18-7-8-19-5/h9-10,18H,2,6-8,11-12H2,1,3-5H3. The van der Waals surface area contributed by atoms with Gasteiger partial charge in [0, 0.05) is 20.2 Å². The molecule has 0 bridgehead atoms. The highest BCUT2D eigenvalue weighted by molar-refractivity contribution is 5.43. The molecule has 0 aliphatic rings. The Morgan fingerprint density at radius 1 is 1.25 bits per heavy atom. The van der Waals surface area contributed by atoms with E-state index >= 15 is 0 Å². The number of hydrogen-bond acceptors (Lipinski definition) is 3. The molecule has 0 aromatic heterocycles. The summed E-state index contributed by atoms with van der Waals surface area (Å²) in [6.07, 6.45) is 0.958. The van der Waals surface area contributed by atoms with Crippen molar-refractivity contribution in [2.24, 2.45) is 0 Å². The molecule has 0 amide bonds. The Labute approximate surface area is 123 Å². The van der Waals surface area contributed by atoms with Gasteiger partial charge in [0.05, 0.1) is 6.61 Å². The average molecular weight is 277 g/mol. The van der Waals surface area contributed by atoms with Crippen molar-refractivity contribution in [1.82, 2.24) is 5.32 Å². The van der Waals surface area contributed by atoms with Crippen molar-refractivity contribution in [3.05, 3.63) is 41.0 Å². The summed E-state index contributed by atoms with van der Waals surface area (Å²) in [5, 5.41) is 3.36. The van der Waals surface area contributed by atoms with Crippen LogP contribution in [0.3, 0.4) is 0 Å². The summed E-state index contributed by atoms with van der Waals surface area (Å²) < 4.78 is 10.9. The lowest BCUT2D eigenvalue weighted by atomic mass is 10.1. The maximum atomic E-state index is 5.88. The van der Waals surface area contributed by atoms with Gasteiger partial charge in [-0.2, -0.15) is 0 Å². The van der Waals surface area contributed by atoms with Gasteiger partial charge in [-0.05, 0) is 42.5 Å². The number of rotatable bonds is 9. The van der Waals surface area contributed by atoms with E-state index in [0.717, 1.165) is 37.4 Å². The third-order valence-corrected chi connectivity index (χ3v) is 3.25. The molecular weight excluding hydrogens is 250 g/mol. The molecule has 0 radical (unpaired) electrons. The molecule has 20 heavy (non-hydrogen) atoms. The van der Waals surface area contributed by atoms with Gasteiger partial charge in [0.2, 0.25) is 0 Å². The Hall–Kier alpha value is -1.32. The molecule has 0 aliphatic carbocycles. The van der Waals surface area contributed by atoms with Crippen molar-refractivity contribution in [3.8, 4) is 5.75 Å². The predicted octanol–water partition coefficient (Wildman–Crippen LogP) is 3.38. The van der Waals surface area contributed by atoms with E-state index in [1.807, 2.05) is 0 Å². The SMILES string of the molecule is C=C(CC)COc1c(C)cc(CNCCOC)cc1C. The lowest BCUT2D eigenvalue weighted by Gasteiger charge is -2.15. The van der Waals surface area contributed by atoms with E-state index < -0.39 is 0 Å². The van der Waals surface area contributed by atoms with Crippen LogP contribution in [0.1, 0.15) is 30.0 Å². The molecule has 1 aromatic carbocycles. The Morgan fingerprint density at radius 2 is 1.90 bits per heavy atom. The van der Waals surface area contributed by atoms with E-state index in [1.54, 1.807) is 7.11 Å². The summed E-state index contributed by atoms with van der Waals surface area (Å²) in [4.78, 5) is 0. The molecule has 3 nitrogen and oxygen atoms in total. The molecule has 0 saturated heterocycles. The van der Waals surface area contributed by atoms with E-state index in [1.165, 1.54) is 16.7 Å². The van der Waals surface area contributed by atoms with Gasteiger partial charge in [-0.1, -0.05) is 25.6 Å². The lowest BCUT2D eigenvalue weighted by Crippen LogP contribution is -2.18. The Kier molecular flexibility index (Phi) is 7.34. The predicted molar refractivity (Wildman–Crippen MR) is 84.4 cm³/mol. The fraction of sp³-hybridized carbons (Fsp3) is 0.529. The Bertz CT molecular complexity index is 418. The summed E-state index contributed by atoms with van der Waals surface area (Å²) in [7, 11) is 1.71. The second-order valence-electron chi connectivity index (χ2n) is 5.12. The van der Waals surface area contributed by atoms with Crippen LogP contribution in [0.5, 0.6) is 5.75 Å². The van der Waals surface area contributed by atoms with Gasteiger partial charge in [0.25, 0.3) is 0 Å². The Morgan fingerprint density at radius 3 is 2.45 bits per heavy atom. The minimum absolute atomic E-state index is 0.601. The first kappa shape index (κ1) is 16.7. The molecular formula is C17H27NO2. The van der Waals surface area contributed by atoms with Gasteiger partial charge in [0.1, 0.15) is 12.4 Å². The van der Waals surface area contributed by atoms with Crippen LogP contribution in [-0.4, -0.2) is 26.9 Å². The first-order chi connectivity index (χ1) is 9.58. The van der Waals surface area contributed by atoms with E-state index in [-0.39, 0.29) is 0 Å². The van der Waals surface area contributed by atoms with Crippen LogP contribution in [0.2, 0.25) is 0 Å². The minimum Gasteiger partial charge on any atom is -0.489 e. The second kappa shape index (κ2) is 8.77. The van der Waals surface area contributed by atoms with Gasteiger partial charge in [-0.15, -0.1) is 0 Å². The van der Waals surface area contributed by atoms with E-state index in [9.17, 15) is 0 Å². The van der Waals surface area contributed by atoms with Crippen molar-refractivity contribution in [2.45, 2.75) is 33.7 Å². The number of methoxy groups -OCH3 is 1. The summed E-state index contributed by atoms with van der Waals surface area (Å²) in [6.45, 7) is 13.3. The minimum atomic E-state index is 0.601. The van der Waals surface area contributed by atoms with E-state index in [4.69, 9.17) is 9.47 Å². The first-order valence-electron chi connectivity index (χ1n) is 7.17. The van der Waals surface area contributed by atoms with Crippen LogP contribution in [0.25, 0.3) is 0 Å². The van der Waals surface area contributed by atoms with E-state index in [0.29, 0.717) is 6.61 Å². The lowest BCUT2D eigenvalue weighted by molar-refractivity contribution is 0.199. The summed E-state index contributed by atoms with van der Waals surface area (Å²) in [6, 6.07) is 4.35. The molecule has 0 heterocycles. The quantitative estimate of drug-likeness (QED) is 0.554. The van der Waals surface area contributed by atoms with Gasteiger partial charge < -0.3 is 14.8 Å². The zero-order valence-electron chi connectivity index (χ0n) is 13.2. The third-order valence-electron chi connectivity index (χ3n) is 3.25. The molecule has 0 unspecified atom stereocenters. The van der Waals surface area contributed by atoms with E-state index in [2.05, 4.69) is 44.8 Å². The first-order valence-corrected chi connectivity index (χ1v) is 7.17. The van der Waals surface area contributed by atoms with Gasteiger partial charge in [-0.25, -0.2) is 0 Å². The zero-order chi connectivity index (χ0) is 15.0. The highest BCUT2D eigenvalue weighted by Crippen LogP contribution is 2.25. The molecule has 0 atom stereocenters. The fourth-order valence-corrected chi connectivity index (χ4v) is 2.05. The van der Waals surface area contributed by atoms with Crippen LogP contribution in [0, 0.1) is 13.8 Å². The number of ether oxygens (including phenoxy) is 2. The zero-order valence-corrected chi connectivity index (χ0v) is 13.2. The van der Waals surface area contributed by atoms with Crippen LogP contribution in [-0.2, 0) is 11.3 Å². The molecule has 1 N–H and O–H groups in total. The highest BCUT2D eigenvalue weighted by Gasteiger charge is 2.07. The summed E-state index contributed by atoms with van der Waals surface area (Å²) in [5.41, 5.74) is 4.75. The number of hydrogen-bond donors (Lipinski definition) is 1. The van der Waals surface area contributed by atoms with Crippen LogP contribution >= 0.6 is 0 Å². The number of aryl methyl sites for hydroxylation is 2. The molecule has 112 valence electrons. The summed E-state index contributed by atoms with van der Waals surface area (Å²) >= 11 is 0. The van der Waals surface area contributed by atoms with Crippen molar-refractivity contribution >= 4 is 0 Å². The molecule has 1 rings (SSSR count). The second-order valence-corrected chi connectivity index (χ2v) is 5.12. The van der Waals surface area contributed by atoms with Crippen molar-refractivity contribution in [3.63, 3.8) is 0 Å². The molecule has 3 heteroatoms. The van der Waals surface area contributed by atoms with Crippen LogP contribution in [0.15, 0.2) is 24.3 Å². The molecule has 0 spiro atoms. The topological polar surface area (TPSA) is 30.5 Å². The van der Waals surface area contributed by atoms with Crippen molar-refractivity contribution < 1.29 is 9.47 Å². The smallest absolute Gasteiger partial charge is 0.125 e. The summed E-state index contributed by atoms with van der Waals surface area (Å²) in [5.74, 6) is 0.986. The third kappa shape index (κ3) is 5.35. The van der Waals surface area contributed by atoms with Crippen LogP contribution in [0.4, 0.5) is 0 Å². The number of nitrogens with one attached hydrogen (secondary N) is 1. The molecule has 0 saturated carbocycles. The molecule has 0 fully saturated rings. The molecule has 0 aliphatic heterocycles. The van der Waals surface area contributed by atoms with Crippen molar-refractivity contribution in [1.29, 1.82) is 0 Å². The monoisotopic (exact) mass is 277 g/mol. The van der Waals surface area contributed by atoms with Gasteiger partial charge in [-0.3, -0.25) is 0 Å². The van der Waals surface area contributed by atoms with Crippen molar-refractivity contribution in [2.75, 3.05) is 26.9 Å². The normalized spacial score (nSPS) is 10.6. The van der Waals surface area contributed by atoms with Crippen LogP contribution < -0.4 is 10.1 Å². The molecule has 1 aromatic rings.